The van der Waals surface area contributed by atoms with E-state index in [9.17, 15) is 19.2 Å². The third-order valence-corrected chi connectivity index (χ3v) is 6.54. The van der Waals surface area contributed by atoms with Gasteiger partial charge in [0.1, 0.15) is 17.7 Å². The van der Waals surface area contributed by atoms with Crippen LogP contribution in [0.1, 0.15) is 103 Å². The van der Waals surface area contributed by atoms with Crippen LogP contribution in [0.5, 0.6) is 0 Å². The molecule has 1 aliphatic rings. The van der Waals surface area contributed by atoms with Crippen LogP contribution in [0.25, 0.3) is 0 Å². The van der Waals surface area contributed by atoms with Crippen LogP contribution in [0.4, 0.5) is 4.79 Å². The normalized spacial score (nSPS) is 16.2. The van der Waals surface area contributed by atoms with Gasteiger partial charge in [-0.25, -0.2) is 4.79 Å². The van der Waals surface area contributed by atoms with E-state index in [-0.39, 0.29) is 11.9 Å². The number of nitrogens with two attached hydrogens (primary N) is 1. The first kappa shape index (κ1) is 31.1. The molecule has 212 valence electrons. The molecule has 0 heterocycles. The van der Waals surface area contributed by atoms with Gasteiger partial charge >= 0.3 is 6.09 Å². The molecule has 1 fully saturated rings. The Morgan fingerprint density at radius 1 is 1.03 bits per heavy atom. The number of benzene rings is 1. The third-order valence-electron chi connectivity index (χ3n) is 6.54. The predicted octanol–water partition coefficient (Wildman–Crippen LogP) is 4.19. The smallest absolute Gasteiger partial charge is 0.408 e. The lowest BCUT2D eigenvalue weighted by Gasteiger charge is -2.43. The molecule has 1 saturated carbocycles. The van der Waals surface area contributed by atoms with Gasteiger partial charge in [0, 0.05) is 11.6 Å². The van der Waals surface area contributed by atoms with Crippen LogP contribution >= 0.6 is 0 Å². The van der Waals surface area contributed by atoms with Crippen LogP contribution in [-0.2, 0) is 19.1 Å². The molecule has 0 bridgehead atoms. The molecule has 2 unspecified atom stereocenters. The summed E-state index contributed by atoms with van der Waals surface area (Å²) >= 11 is 0. The second-order valence-corrected chi connectivity index (χ2v) is 12.4. The van der Waals surface area contributed by atoms with Crippen molar-refractivity contribution in [2.75, 3.05) is 0 Å². The van der Waals surface area contributed by atoms with Crippen molar-refractivity contribution >= 4 is 23.8 Å². The topological polar surface area (TPSA) is 131 Å². The molecule has 1 aromatic carbocycles. The van der Waals surface area contributed by atoms with E-state index >= 15 is 0 Å². The Morgan fingerprint density at radius 3 is 2.16 bits per heavy atom. The summed E-state index contributed by atoms with van der Waals surface area (Å²) in [5.74, 6) is -1.64. The molecule has 0 saturated heterocycles. The Morgan fingerprint density at radius 2 is 1.63 bits per heavy atom. The SMILES string of the molecule is Cc1ccc(C)c(C(C(=O)NC2CCCCC2)N(C(=O)C(CC(N)=O)NC(=O)OC(C)(C)C)C(C)(C)C)c1. The molecule has 2 atom stereocenters. The number of primary amides is 1. The van der Waals surface area contributed by atoms with E-state index in [4.69, 9.17) is 10.5 Å². The van der Waals surface area contributed by atoms with E-state index in [1.165, 1.54) is 4.90 Å². The molecule has 0 aromatic heterocycles. The van der Waals surface area contributed by atoms with Crippen molar-refractivity contribution < 1.29 is 23.9 Å². The summed E-state index contributed by atoms with van der Waals surface area (Å²) in [7, 11) is 0. The Balaban J connectivity index is 2.58. The molecule has 4 N–H and O–H groups in total. The maximum atomic E-state index is 14.2. The van der Waals surface area contributed by atoms with Crippen molar-refractivity contribution in [3.63, 3.8) is 0 Å². The maximum absolute atomic E-state index is 14.2. The lowest BCUT2D eigenvalue weighted by atomic mass is 9.90. The van der Waals surface area contributed by atoms with Crippen molar-refractivity contribution in [1.82, 2.24) is 15.5 Å². The van der Waals surface area contributed by atoms with Crippen LogP contribution in [0.3, 0.4) is 0 Å². The highest BCUT2D eigenvalue weighted by molar-refractivity contribution is 5.95. The summed E-state index contributed by atoms with van der Waals surface area (Å²) in [6, 6.07) is 3.53. The summed E-state index contributed by atoms with van der Waals surface area (Å²) < 4.78 is 5.34. The Hall–Kier alpha value is -3.10. The average molecular weight is 531 g/mol. The Kier molecular flexibility index (Phi) is 10.3. The van der Waals surface area contributed by atoms with Crippen molar-refractivity contribution in [3.05, 3.63) is 34.9 Å². The standard InChI is InChI=1S/C29H46N4O5/c1-18-14-15-19(2)21(16-18)24(25(35)31-20-12-10-9-11-13-20)33(28(3,4)5)26(36)22(17-23(30)34)32-27(37)38-29(6,7)8/h14-16,20,22,24H,9-13,17H2,1-8H3,(H2,30,34)(H,31,35)(H,32,37). The third kappa shape index (κ3) is 9.03. The molecule has 1 aromatic rings. The monoisotopic (exact) mass is 530 g/mol. The quantitative estimate of drug-likeness (QED) is 0.464. The van der Waals surface area contributed by atoms with E-state index < -0.39 is 47.6 Å². The first-order valence-corrected chi connectivity index (χ1v) is 13.5. The van der Waals surface area contributed by atoms with Gasteiger partial charge in [-0.05, 0) is 79.4 Å². The zero-order valence-electron chi connectivity index (χ0n) is 24.3. The van der Waals surface area contributed by atoms with Gasteiger partial charge in [0.05, 0.1) is 6.42 Å². The van der Waals surface area contributed by atoms with Crippen LogP contribution in [-0.4, -0.2) is 51.9 Å². The predicted molar refractivity (Wildman–Crippen MR) is 147 cm³/mol. The van der Waals surface area contributed by atoms with Gasteiger partial charge in [-0.3, -0.25) is 14.4 Å². The lowest BCUT2D eigenvalue weighted by molar-refractivity contribution is -0.149. The number of alkyl carbamates (subject to hydrolysis) is 1. The molecule has 9 heteroatoms. The van der Waals surface area contributed by atoms with E-state index in [1.54, 1.807) is 20.8 Å². The second-order valence-electron chi connectivity index (χ2n) is 12.4. The summed E-state index contributed by atoms with van der Waals surface area (Å²) in [5, 5.41) is 5.71. The Bertz CT molecular complexity index is 1020. The van der Waals surface area contributed by atoms with E-state index in [1.807, 2.05) is 52.8 Å². The van der Waals surface area contributed by atoms with Crippen LogP contribution in [0.15, 0.2) is 18.2 Å². The van der Waals surface area contributed by atoms with E-state index in [0.29, 0.717) is 5.56 Å². The fraction of sp³-hybridized carbons (Fsp3) is 0.655. The number of aryl methyl sites for hydroxylation is 2. The van der Waals surface area contributed by atoms with Crippen molar-refractivity contribution in [1.29, 1.82) is 0 Å². The number of nitrogens with zero attached hydrogens (tertiary/aromatic N) is 1. The van der Waals surface area contributed by atoms with Gasteiger partial charge in [-0.15, -0.1) is 0 Å². The largest absolute Gasteiger partial charge is 0.444 e. The Labute approximate surface area is 227 Å². The fourth-order valence-corrected chi connectivity index (χ4v) is 4.84. The lowest BCUT2D eigenvalue weighted by Crippen LogP contribution is -2.59. The maximum Gasteiger partial charge on any atom is 0.408 e. The summed E-state index contributed by atoms with van der Waals surface area (Å²) in [4.78, 5) is 54.3. The number of rotatable bonds is 8. The van der Waals surface area contributed by atoms with Crippen LogP contribution in [0, 0.1) is 13.8 Å². The minimum Gasteiger partial charge on any atom is -0.444 e. The first-order valence-electron chi connectivity index (χ1n) is 13.5. The molecule has 0 aliphatic heterocycles. The average Bonchev–Trinajstić information content (AvgIpc) is 2.76. The zero-order valence-corrected chi connectivity index (χ0v) is 24.3. The first-order chi connectivity index (χ1) is 17.5. The number of amides is 4. The van der Waals surface area contributed by atoms with Crippen LogP contribution < -0.4 is 16.4 Å². The van der Waals surface area contributed by atoms with Gasteiger partial charge in [0.25, 0.3) is 0 Å². The molecular weight excluding hydrogens is 484 g/mol. The zero-order chi connectivity index (χ0) is 28.8. The van der Waals surface area contributed by atoms with Gasteiger partial charge in [-0.1, -0.05) is 43.0 Å². The van der Waals surface area contributed by atoms with E-state index in [0.717, 1.165) is 43.2 Å². The number of nitrogens with one attached hydrogen (secondary N) is 2. The van der Waals surface area contributed by atoms with Gasteiger partial charge < -0.3 is 26.0 Å². The molecule has 2 rings (SSSR count). The highest BCUT2D eigenvalue weighted by Gasteiger charge is 2.43. The van der Waals surface area contributed by atoms with Crippen molar-refractivity contribution in [2.24, 2.45) is 5.73 Å². The number of carbonyl (C=O) groups is 4. The molecule has 0 radical (unpaired) electrons. The molecule has 38 heavy (non-hydrogen) atoms. The number of carbonyl (C=O) groups excluding carboxylic acids is 4. The molecule has 0 spiro atoms. The highest BCUT2D eigenvalue weighted by Crippen LogP contribution is 2.33. The van der Waals surface area contributed by atoms with Crippen LogP contribution in [0.2, 0.25) is 0 Å². The molecule has 4 amide bonds. The molecule has 1 aliphatic carbocycles. The second kappa shape index (κ2) is 12.6. The number of ether oxygens (including phenoxy) is 1. The number of hydrogen-bond acceptors (Lipinski definition) is 5. The van der Waals surface area contributed by atoms with E-state index in [2.05, 4.69) is 10.6 Å². The van der Waals surface area contributed by atoms with Gasteiger partial charge in [-0.2, -0.15) is 0 Å². The minimum atomic E-state index is -1.31. The van der Waals surface area contributed by atoms with Crippen molar-refractivity contribution in [2.45, 2.75) is 123 Å². The van der Waals surface area contributed by atoms with Crippen molar-refractivity contribution in [3.8, 4) is 0 Å². The van der Waals surface area contributed by atoms with Gasteiger partial charge in [0.2, 0.25) is 17.7 Å². The molecular formula is C29H46N4O5. The highest BCUT2D eigenvalue weighted by atomic mass is 16.6. The number of hydrogen-bond donors (Lipinski definition) is 3. The van der Waals surface area contributed by atoms with Gasteiger partial charge in [0.15, 0.2) is 0 Å². The summed E-state index contributed by atoms with van der Waals surface area (Å²) in [6.07, 6.45) is 3.72. The fourth-order valence-electron chi connectivity index (χ4n) is 4.84. The summed E-state index contributed by atoms with van der Waals surface area (Å²) in [6.45, 7) is 14.4. The minimum absolute atomic E-state index is 0.0297. The molecule has 9 nitrogen and oxygen atoms in total. The summed E-state index contributed by atoms with van der Waals surface area (Å²) in [5.41, 5.74) is 6.31.